The Morgan fingerprint density at radius 2 is 1.89 bits per heavy atom. The Morgan fingerprint density at radius 3 is 2.50 bits per heavy atom. The summed E-state index contributed by atoms with van der Waals surface area (Å²) in [6.07, 6.45) is 8.39. The zero-order valence-electron chi connectivity index (χ0n) is 10.1. The molecule has 1 aliphatic rings. The molecule has 1 aromatic rings. The molecule has 1 aromatic carbocycles. The molecule has 4 nitrogen and oxygen atoms in total. The monoisotopic (exact) mass is 243 g/mol. The number of anilines is 2. The molecular formula is C14H17N3O. The van der Waals surface area contributed by atoms with Crippen LogP contribution in [0.3, 0.4) is 0 Å². The lowest BCUT2D eigenvalue weighted by Crippen LogP contribution is -2.25. The summed E-state index contributed by atoms with van der Waals surface area (Å²) >= 11 is 0. The highest BCUT2D eigenvalue weighted by Crippen LogP contribution is 2.14. The number of rotatable bonds is 3. The van der Waals surface area contributed by atoms with Gasteiger partial charge in [-0.15, -0.1) is 0 Å². The first-order valence-electron chi connectivity index (χ1n) is 5.95. The molecule has 5 N–H and O–H groups in total. The Hall–Kier alpha value is -2.23. The van der Waals surface area contributed by atoms with Gasteiger partial charge in [0.1, 0.15) is 0 Å². The molecule has 4 heteroatoms. The topological polar surface area (TPSA) is 81.1 Å². The highest BCUT2D eigenvalue weighted by molar-refractivity contribution is 5.96. The molecule has 0 fully saturated rings. The van der Waals surface area contributed by atoms with Crippen molar-refractivity contribution in [2.45, 2.75) is 12.8 Å². The summed E-state index contributed by atoms with van der Waals surface area (Å²) in [6, 6.07) is 4.87. The standard InChI is InChI=1S/C14H17N3O/c15-12-6-11(7-13(16)8-12)14(18)17-9-10-4-2-1-3-5-10/h2,4-8H,1,3,9,15-16H2,(H,17,18). The summed E-state index contributed by atoms with van der Waals surface area (Å²) in [6.45, 7) is 0.532. The second-order valence-electron chi connectivity index (χ2n) is 4.33. The van der Waals surface area contributed by atoms with Crippen molar-refractivity contribution in [1.82, 2.24) is 5.32 Å². The van der Waals surface area contributed by atoms with Crippen LogP contribution >= 0.6 is 0 Å². The molecule has 0 spiro atoms. The van der Waals surface area contributed by atoms with Crippen molar-refractivity contribution in [3.63, 3.8) is 0 Å². The van der Waals surface area contributed by atoms with E-state index in [0.717, 1.165) is 18.4 Å². The maximum absolute atomic E-state index is 11.9. The van der Waals surface area contributed by atoms with Gasteiger partial charge in [0, 0.05) is 23.5 Å². The molecule has 0 saturated carbocycles. The molecule has 2 rings (SSSR count). The van der Waals surface area contributed by atoms with Crippen LogP contribution in [0.15, 0.2) is 42.0 Å². The summed E-state index contributed by atoms with van der Waals surface area (Å²) in [5.74, 6) is -0.158. The van der Waals surface area contributed by atoms with E-state index >= 15 is 0 Å². The Kier molecular flexibility index (Phi) is 3.67. The van der Waals surface area contributed by atoms with Crippen LogP contribution in [-0.4, -0.2) is 12.5 Å². The van der Waals surface area contributed by atoms with Gasteiger partial charge < -0.3 is 16.8 Å². The lowest BCUT2D eigenvalue weighted by molar-refractivity contribution is 0.0957. The summed E-state index contributed by atoms with van der Waals surface area (Å²) < 4.78 is 0. The minimum absolute atomic E-state index is 0.158. The first kappa shape index (κ1) is 12.2. The van der Waals surface area contributed by atoms with E-state index in [4.69, 9.17) is 11.5 Å². The van der Waals surface area contributed by atoms with E-state index in [9.17, 15) is 4.79 Å². The maximum atomic E-state index is 11.9. The minimum Gasteiger partial charge on any atom is -0.399 e. The van der Waals surface area contributed by atoms with E-state index in [0.29, 0.717) is 23.5 Å². The third-order valence-corrected chi connectivity index (χ3v) is 2.76. The van der Waals surface area contributed by atoms with Crippen molar-refractivity contribution in [3.05, 3.63) is 47.6 Å². The van der Waals surface area contributed by atoms with Crippen LogP contribution in [0.1, 0.15) is 23.2 Å². The van der Waals surface area contributed by atoms with E-state index in [1.165, 1.54) is 0 Å². The fourth-order valence-electron chi connectivity index (χ4n) is 1.89. The number of benzene rings is 1. The average Bonchev–Trinajstić information content (AvgIpc) is 2.36. The summed E-state index contributed by atoms with van der Waals surface area (Å²) in [5, 5.41) is 2.85. The molecule has 0 saturated heterocycles. The Morgan fingerprint density at radius 1 is 1.17 bits per heavy atom. The number of carbonyl (C=O) groups excluding carboxylic acids is 1. The number of amides is 1. The van der Waals surface area contributed by atoms with Crippen LogP contribution in [0, 0.1) is 0 Å². The van der Waals surface area contributed by atoms with Gasteiger partial charge in [0.05, 0.1) is 0 Å². The predicted octanol–water partition coefficient (Wildman–Crippen LogP) is 1.86. The van der Waals surface area contributed by atoms with Gasteiger partial charge in [-0.25, -0.2) is 0 Å². The van der Waals surface area contributed by atoms with Crippen LogP contribution in [-0.2, 0) is 0 Å². The van der Waals surface area contributed by atoms with Gasteiger partial charge in [-0.3, -0.25) is 4.79 Å². The normalized spacial score (nSPS) is 14.1. The molecule has 1 aliphatic carbocycles. The van der Waals surface area contributed by atoms with Crippen molar-refractivity contribution >= 4 is 17.3 Å². The number of hydrogen-bond donors (Lipinski definition) is 3. The van der Waals surface area contributed by atoms with E-state index in [1.807, 2.05) is 6.08 Å². The molecule has 0 aliphatic heterocycles. The largest absolute Gasteiger partial charge is 0.399 e. The van der Waals surface area contributed by atoms with Crippen LogP contribution in [0.2, 0.25) is 0 Å². The second kappa shape index (κ2) is 5.40. The molecule has 0 radical (unpaired) electrons. The Bertz CT molecular complexity index is 498. The molecule has 0 heterocycles. The van der Waals surface area contributed by atoms with Crippen LogP contribution in [0.25, 0.3) is 0 Å². The summed E-state index contributed by atoms with van der Waals surface area (Å²) in [7, 11) is 0. The van der Waals surface area contributed by atoms with E-state index in [1.54, 1.807) is 18.2 Å². The lowest BCUT2D eigenvalue weighted by Gasteiger charge is -2.09. The third-order valence-electron chi connectivity index (χ3n) is 2.76. The van der Waals surface area contributed by atoms with Gasteiger partial charge in [-0.1, -0.05) is 18.2 Å². The quantitative estimate of drug-likeness (QED) is 0.709. The molecule has 0 unspecified atom stereocenters. The highest BCUT2D eigenvalue weighted by atomic mass is 16.1. The van der Waals surface area contributed by atoms with Gasteiger partial charge >= 0.3 is 0 Å². The van der Waals surface area contributed by atoms with Crippen molar-refractivity contribution in [1.29, 1.82) is 0 Å². The number of nitrogens with one attached hydrogen (secondary N) is 1. The maximum Gasteiger partial charge on any atom is 0.251 e. The van der Waals surface area contributed by atoms with E-state index in [-0.39, 0.29) is 5.91 Å². The van der Waals surface area contributed by atoms with E-state index < -0.39 is 0 Å². The number of hydrogen-bond acceptors (Lipinski definition) is 3. The number of carbonyl (C=O) groups is 1. The van der Waals surface area contributed by atoms with Gasteiger partial charge in [0.2, 0.25) is 0 Å². The van der Waals surface area contributed by atoms with Gasteiger partial charge in [0.15, 0.2) is 0 Å². The SMILES string of the molecule is Nc1cc(N)cc(C(=O)NCC2=CCCC=C2)c1. The summed E-state index contributed by atoms with van der Waals surface area (Å²) in [5.41, 5.74) is 13.9. The van der Waals surface area contributed by atoms with Gasteiger partial charge in [0.25, 0.3) is 5.91 Å². The van der Waals surface area contributed by atoms with Gasteiger partial charge in [-0.05, 0) is 36.6 Å². The smallest absolute Gasteiger partial charge is 0.251 e. The van der Waals surface area contributed by atoms with Crippen LogP contribution in [0.4, 0.5) is 11.4 Å². The zero-order chi connectivity index (χ0) is 13.0. The fraction of sp³-hybridized carbons (Fsp3) is 0.214. The average molecular weight is 243 g/mol. The van der Waals surface area contributed by atoms with Crippen molar-refractivity contribution in [2.75, 3.05) is 18.0 Å². The van der Waals surface area contributed by atoms with E-state index in [2.05, 4.69) is 17.5 Å². The summed E-state index contributed by atoms with van der Waals surface area (Å²) in [4.78, 5) is 11.9. The van der Waals surface area contributed by atoms with Crippen molar-refractivity contribution in [2.24, 2.45) is 0 Å². The molecule has 1 amide bonds. The molecule has 18 heavy (non-hydrogen) atoms. The number of allylic oxidation sites excluding steroid dienone is 2. The molecule has 0 atom stereocenters. The second-order valence-corrected chi connectivity index (χ2v) is 4.33. The minimum atomic E-state index is -0.158. The number of nitrogen functional groups attached to an aromatic ring is 2. The molecule has 94 valence electrons. The highest BCUT2D eigenvalue weighted by Gasteiger charge is 2.07. The molecule has 0 bridgehead atoms. The van der Waals surface area contributed by atoms with Crippen LogP contribution in [0.5, 0.6) is 0 Å². The van der Waals surface area contributed by atoms with Crippen molar-refractivity contribution < 1.29 is 4.79 Å². The number of nitrogens with two attached hydrogens (primary N) is 2. The fourth-order valence-corrected chi connectivity index (χ4v) is 1.89. The van der Waals surface area contributed by atoms with Gasteiger partial charge in [-0.2, -0.15) is 0 Å². The Balaban J connectivity index is 1.99. The third kappa shape index (κ3) is 3.13. The van der Waals surface area contributed by atoms with Crippen molar-refractivity contribution in [3.8, 4) is 0 Å². The predicted molar refractivity (Wildman–Crippen MR) is 74.1 cm³/mol. The first-order chi connectivity index (χ1) is 8.65. The first-order valence-corrected chi connectivity index (χ1v) is 5.95. The molecular weight excluding hydrogens is 226 g/mol. The van der Waals surface area contributed by atoms with Crippen LogP contribution < -0.4 is 16.8 Å². The molecule has 0 aromatic heterocycles. The zero-order valence-corrected chi connectivity index (χ0v) is 10.1. The lowest BCUT2D eigenvalue weighted by atomic mass is 10.1. The Labute approximate surface area is 106 Å².